The average Bonchev–Trinajstić information content (AvgIpc) is 3.08. The van der Waals surface area contributed by atoms with Gasteiger partial charge in [-0.2, -0.15) is 8.78 Å². The fraction of sp³-hybridized carbons (Fsp3) is 0.400. The van der Waals surface area contributed by atoms with E-state index in [9.17, 15) is 30.4 Å². The first kappa shape index (κ1) is 23.3. The second kappa shape index (κ2) is 9.39. The number of likely N-dealkylation sites (tertiary alicyclic amines) is 1. The van der Waals surface area contributed by atoms with Crippen molar-refractivity contribution in [3.05, 3.63) is 54.1 Å². The Morgan fingerprint density at radius 3 is 2.42 bits per heavy atom. The monoisotopic (exact) mass is 465 g/mol. The van der Waals surface area contributed by atoms with Gasteiger partial charge < -0.3 is 9.47 Å². The highest BCUT2D eigenvalue weighted by Gasteiger charge is 2.32. The zero-order valence-electron chi connectivity index (χ0n) is 16.2. The summed E-state index contributed by atoms with van der Waals surface area (Å²) in [7, 11) is -3.80. The molecule has 0 amide bonds. The molecule has 1 aliphatic heterocycles. The second-order valence-electron chi connectivity index (χ2n) is 7.22. The predicted octanol–water partition coefficient (Wildman–Crippen LogP) is 4.48. The number of ether oxygens (including phenoxy) is 2. The van der Waals surface area contributed by atoms with Crippen molar-refractivity contribution in [2.24, 2.45) is 5.92 Å². The summed E-state index contributed by atoms with van der Waals surface area (Å²) in [6.07, 6.45) is -4.29. The van der Waals surface area contributed by atoms with Gasteiger partial charge >= 0.3 is 13.0 Å². The Bertz CT molecular complexity index is 980. The number of alkyl halides is 5. The molecule has 0 spiro atoms. The Morgan fingerprint density at radius 1 is 1.06 bits per heavy atom. The van der Waals surface area contributed by atoms with Gasteiger partial charge in [0.15, 0.2) is 9.84 Å². The molecule has 0 bridgehead atoms. The van der Waals surface area contributed by atoms with Crippen LogP contribution in [0, 0.1) is 5.92 Å². The third-order valence-corrected chi connectivity index (χ3v) is 6.66. The van der Waals surface area contributed by atoms with E-state index in [4.69, 9.17) is 0 Å². The van der Waals surface area contributed by atoms with Gasteiger partial charge in [0.25, 0.3) is 0 Å². The lowest BCUT2D eigenvalue weighted by molar-refractivity contribution is -0.274. The summed E-state index contributed by atoms with van der Waals surface area (Å²) in [5.41, 5.74) is 0.863. The normalized spacial score (nSPS) is 17.8. The molecular weight excluding hydrogens is 445 g/mol. The van der Waals surface area contributed by atoms with E-state index in [1.54, 1.807) is 12.1 Å². The van der Waals surface area contributed by atoms with Crippen LogP contribution in [-0.4, -0.2) is 45.1 Å². The van der Waals surface area contributed by atoms with Crippen LogP contribution >= 0.6 is 0 Å². The van der Waals surface area contributed by atoms with Crippen molar-refractivity contribution in [2.75, 3.05) is 18.8 Å². The van der Waals surface area contributed by atoms with Gasteiger partial charge in [-0.25, -0.2) is 8.42 Å². The quantitative estimate of drug-likeness (QED) is 0.538. The Labute approximate surface area is 176 Å². The van der Waals surface area contributed by atoms with E-state index >= 15 is 0 Å². The van der Waals surface area contributed by atoms with E-state index in [-0.39, 0.29) is 22.3 Å². The third kappa shape index (κ3) is 7.06. The Kier molecular flexibility index (Phi) is 7.05. The molecule has 0 aliphatic carbocycles. The van der Waals surface area contributed by atoms with Crippen LogP contribution in [0.25, 0.3) is 0 Å². The van der Waals surface area contributed by atoms with E-state index in [1.807, 2.05) is 4.90 Å². The lowest BCUT2D eigenvalue weighted by Crippen LogP contribution is -2.23. The summed E-state index contributed by atoms with van der Waals surface area (Å²) in [6.45, 7) is -1.24. The molecule has 2 aromatic rings. The van der Waals surface area contributed by atoms with Gasteiger partial charge in [-0.3, -0.25) is 4.90 Å². The van der Waals surface area contributed by atoms with Crippen molar-refractivity contribution >= 4 is 9.84 Å². The molecule has 0 aromatic heterocycles. The molecule has 1 aliphatic rings. The van der Waals surface area contributed by atoms with Crippen LogP contribution in [0.15, 0.2) is 53.4 Å². The maximum atomic E-state index is 12.7. The smallest absolute Gasteiger partial charge is 0.435 e. The molecule has 1 heterocycles. The fourth-order valence-electron chi connectivity index (χ4n) is 3.50. The minimum atomic E-state index is -4.90. The molecule has 0 unspecified atom stereocenters. The minimum Gasteiger partial charge on any atom is -0.435 e. The standard InChI is InChI=1S/C20H20F5NO4S/c21-19(22)29-16-6-4-14(5-7-16)11-26-9-8-15(12-26)13-31(27,28)18-3-1-2-17(10-18)30-20(23,24)25/h1-7,10,15,19H,8-9,11-13H2/t15-/m1/s1. The third-order valence-electron chi connectivity index (χ3n) is 4.78. The van der Waals surface area contributed by atoms with E-state index in [1.165, 1.54) is 24.3 Å². The first-order valence-corrected chi connectivity index (χ1v) is 11.0. The van der Waals surface area contributed by atoms with E-state index < -0.39 is 28.6 Å². The number of nitrogens with zero attached hydrogens (tertiary/aromatic N) is 1. The molecule has 1 atom stereocenters. The highest BCUT2D eigenvalue weighted by molar-refractivity contribution is 7.91. The Hall–Kier alpha value is -2.40. The van der Waals surface area contributed by atoms with Crippen LogP contribution in [0.3, 0.4) is 0 Å². The summed E-state index contributed by atoms with van der Waals surface area (Å²) in [4.78, 5) is 1.81. The molecule has 1 fully saturated rings. The van der Waals surface area contributed by atoms with Gasteiger partial charge in [-0.15, -0.1) is 13.2 Å². The molecule has 1 saturated heterocycles. The van der Waals surface area contributed by atoms with Gasteiger partial charge in [0, 0.05) is 13.1 Å². The largest absolute Gasteiger partial charge is 0.573 e. The van der Waals surface area contributed by atoms with Crippen LogP contribution in [0.2, 0.25) is 0 Å². The van der Waals surface area contributed by atoms with Gasteiger partial charge in [0.05, 0.1) is 10.6 Å². The molecule has 2 aromatic carbocycles. The fourth-order valence-corrected chi connectivity index (χ4v) is 5.17. The van der Waals surface area contributed by atoms with Crippen LogP contribution in [0.1, 0.15) is 12.0 Å². The van der Waals surface area contributed by atoms with E-state index in [0.717, 1.165) is 17.7 Å². The number of hydrogen-bond donors (Lipinski definition) is 0. The lowest BCUT2D eigenvalue weighted by Gasteiger charge is -2.17. The molecule has 170 valence electrons. The zero-order chi connectivity index (χ0) is 22.6. The molecule has 5 nitrogen and oxygen atoms in total. The maximum Gasteiger partial charge on any atom is 0.573 e. The van der Waals surface area contributed by atoms with Crippen LogP contribution in [-0.2, 0) is 16.4 Å². The molecule has 0 N–H and O–H groups in total. The zero-order valence-corrected chi connectivity index (χ0v) is 17.0. The second-order valence-corrected chi connectivity index (χ2v) is 9.25. The number of benzene rings is 2. The van der Waals surface area contributed by atoms with Gasteiger partial charge in [-0.05, 0) is 54.8 Å². The molecule has 0 saturated carbocycles. The van der Waals surface area contributed by atoms with Crippen LogP contribution < -0.4 is 9.47 Å². The number of halogens is 5. The minimum absolute atomic E-state index is 0.0564. The van der Waals surface area contributed by atoms with E-state index in [0.29, 0.717) is 26.1 Å². The Morgan fingerprint density at radius 2 is 1.77 bits per heavy atom. The summed E-state index contributed by atoms with van der Waals surface area (Å²) in [5.74, 6) is -0.902. The van der Waals surface area contributed by atoms with Gasteiger partial charge in [0.2, 0.25) is 0 Å². The van der Waals surface area contributed by atoms with Crippen LogP contribution in [0.5, 0.6) is 11.5 Å². The molecule has 31 heavy (non-hydrogen) atoms. The average molecular weight is 465 g/mol. The summed E-state index contributed by atoms with van der Waals surface area (Å²) >= 11 is 0. The highest BCUT2D eigenvalue weighted by atomic mass is 32.2. The van der Waals surface area contributed by atoms with Crippen molar-refractivity contribution in [3.63, 3.8) is 0 Å². The number of hydrogen-bond acceptors (Lipinski definition) is 5. The summed E-state index contributed by atoms with van der Waals surface area (Å²) in [6, 6.07) is 10.6. The number of sulfone groups is 1. The molecular formula is C20H20F5NO4S. The van der Waals surface area contributed by atoms with Gasteiger partial charge in [-0.1, -0.05) is 18.2 Å². The summed E-state index contributed by atoms with van der Waals surface area (Å²) in [5, 5.41) is 0. The predicted molar refractivity (Wildman–Crippen MR) is 102 cm³/mol. The van der Waals surface area contributed by atoms with E-state index in [2.05, 4.69) is 9.47 Å². The first-order valence-electron chi connectivity index (χ1n) is 9.35. The van der Waals surface area contributed by atoms with Crippen LogP contribution in [0.4, 0.5) is 22.0 Å². The SMILES string of the molecule is O=S(=O)(C[C@@H]1CCN(Cc2ccc(OC(F)F)cc2)C1)c1cccc(OC(F)(F)F)c1. The molecule has 11 heteroatoms. The highest BCUT2D eigenvalue weighted by Crippen LogP contribution is 2.28. The maximum absolute atomic E-state index is 12.7. The lowest BCUT2D eigenvalue weighted by atomic mass is 10.1. The number of rotatable bonds is 8. The topological polar surface area (TPSA) is 55.8 Å². The van der Waals surface area contributed by atoms with Crippen molar-refractivity contribution in [2.45, 2.75) is 30.8 Å². The van der Waals surface area contributed by atoms with Crippen molar-refractivity contribution in [1.82, 2.24) is 4.90 Å². The summed E-state index contributed by atoms with van der Waals surface area (Å²) < 4.78 is 95.0. The molecule has 0 radical (unpaired) electrons. The van der Waals surface area contributed by atoms with Crippen molar-refractivity contribution in [3.8, 4) is 11.5 Å². The van der Waals surface area contributed by atoms with Crippen molar-refractivity contribution < 1.29 is 39.8 Å². The first-order chi connectivity index (χ1) is 14.5. The van der Waals surface area contributed by atoms with Gasteiger partial charge in [0.1, 0.15) is 11.5 Å². The Balaban J connectivity index is 1.57. The van der Waals surface area contributed by atoms with Crippen molar-refractivity contribution in [1.29, 1.82) is 0 Å². The molecule has 3 rings (SSSR count).